The third-order valence-corrected chi connectivity index (χ3v) is 1.93. The second kappa shape index (κ2) is 3.94. The van der Waals surface area contributed by atoms with Crippen molar-refractivity contribution in [2.45, 2.75) is 6.92 Å². The van der Waals surface area contributed by atoms with Gasteiger partial charge < -0.3 is 4.74 Å². The number of carbonyl (C=O) groups excluding carboxylic acids is 1. The van der Waals surface area contributed by atoms with Crippen molar-refractivity contribution in [2.24, 2.45) is 0 Å². The summed E-state index contributed by atoms with van der Waals surface area (Å²) in [6.07, 6.45) is 1.15. The summed E-state index contributed by atoms with van der Waals surface area (Å²) in [5.74, 6) is 0.179. The van der Waals surface area contributed by atoms with E-state index in [9.17, 15) is 4.79 Å². The fourth-order valence-electron chi connectivity index (χ4n) is 0.985. The lowest BCUT2D eigenvalue weighted by Gasteiger charge is -2.06. The highest BCUT2D eigenvalue weighted by Crippen LogP contribution is 2.14. The molecule has 0 aliphatic rings. The van der Waals surface area contributed by atoms with Crippen molar-refractivity contribution >= 4 is 19.3 Å². The molecule has 0 amide bonds. The molecular weight excluding hydrogens is 163 g/mol. The molecule has 0 aliphatic heterocycles. The van der Waals surface area contributed by atoms with E-state index in [1.165, 1.54) is 0 Å². The van der Waals surface area contributed by atoms with Gasteiger partial charge in [-0.2, -0.15) is 0 Å². The smallest absolute Gasteiger partial charge is 0.335 e. The first-order valence-corrected chi connectivity index (χ1v) is 4.05. The normalized spacial score (nSPS) is 9.31. The molecule has 0 unspecified atom stereocenters. The predicted molar refractivity (Wildman–Crippen MR) is 55.2 cm³/mol. The first-order valence-electron chi connectivity index (χ1n) is 4.05. The third kappa shape index (κ3) is 2.21. The zero-order valence-corrected chi connectivity index (χ0v) is 7.83. The molecule has 3 heteroatoms. The van der Waals surface area contributed by atoms with Gasteiger partial charge in [0.1, 0.15) is 13.6 Å². The molecule has 0 atom stereocenters. The van der Waals surface area contributed by atoms with Gasteiger partial charge in [-0.05, 0) is 18.6 Å². The molecule has 2 nitrogen and oxygen atoms in total. The molecule has 0 heterocycles. The Hall–Kier alpha value is -1.51. The van der Waals surface area contributed by atoms with Crippen molar-refractivity contribution in [3.63, 3.8) is 0 Å². The summed E-state index contributed by atoms with van der Waals surface area (Å²) in [6, 6.07) is 5.60. The summed E-state index contributed by atoms with van der Waals surface area (Å²) in [5.41, 5.74) is 2.09. The number of hydrogen-bond acceptors (Lipinski definition) is 2. The Balaban J connectivity index is 2.95. The van der Waals surface area contributed by atoms with Crippen LogP contribution in [-0.4, -0.2) is 13.8 Å². The first kappa shape index (κ1) is 9.58. The fourth-order valence-corrected chi connectivity index (χ4v) is 0.985. The van der Waals surface area contributed by atoms with Gasteiger partial charge in [-0.15, -0.1) is 0 Å². The summed E-state index contributed by atoms with van der Waals surface area (Å²) in [6.45, 7) is 5.25. The topological polar surface area (TPSA) is 26.3 Å². The molecule has 0 aliphatic carbocycles. The van der Waals surface area contributed by atoms with E-state index in [0.29, 0.717) is 5.75 Å². The zero-order valence-electron chi connectivity index (χ0n) is 7.83. The van der Waals surface area contributed by atoms with Crippen LogP contribution in [0, 0.1) is 6.92 Å². The lowest BCUT2D eigenvalue weighted by Crippen LogP contribution is -2.11. The van der Waals surface area contributed by atoms with E-state index < -0.39 is 5.97 Å². The van der Waals surface area contributed by atoms with Crippen LogP contribution in [0.25, 0.3) is 0 Å². The van der Waals surface area contributed by atoms with Crippen LogP contribution < -0.4 is 10.2 Å². The Morgan fingerprint density at radius 3 is 2.92 bits per heavy atom. The van der Waals surface area contributed by atoms with Gasteiger partial charge in [0.25, 0.3) is 0 Å². The minimum Gasteiger partial charge on any atom is -0.423 e. The Morgan fingerprint density at radius 1 is 1.62 bits per heavy atom. The molecular formula is C10H11BO2. The number of esters is 1. The van der Waals surface area contributed by atoms with Crippen LogP contribution in [0.2, 0.25) is 0 Å². The summed E-state index contributed by atoms with van der Waals surface area (Å²) < 4.78 is 5.02. The number of hydrogen-bond donors (Lipinski definition) is 0. The van der Waals surface area contributed by atoms with Crippen LogP contribution in [0.3, 0.4) is 0 Å². The van der Waals surface area contributed by atoms with Gasteiger partial charge in [-0.3, -0.25) is 0 Å². The van der Waals surface area contributed by atoms with Crippen molar-refractivity contribution in [3.05, 3.63) is 36.4 Å². The quantitative estimate of drug-likeness (QED) is 0.280. The maximum absolute atomic E-state index is 10.9. The van der Waals surface area contributed by atoms with Gasteiger partial charge in [0, 0.05) is 6.08 Å². The van der Waals surface area contributed by atoms with E-state index >= 15 is 0 Å². The molecule has 0 bridgehead atoms. The molecule has 0 saturated carbocycles. The van der Waals surface area contributed by atoms with Gasteiger partial charge in [0.05, 0.1) is 0 Å². The van der Waals surface area contributed by atoms with Crippen LogP contribution in [-0.2, 0) is 4.79 Å². The monoisotopic (exact) mass is 174 g/mol. The molecule has 0 saturated heterocycles. The summed E-state index contributed by atoms with van der Waals surface area (Å²) in [4.78, 5) is 10.9. The lowest BCUT2D eigenvalue weighted by atomic mass is 9.91. The van der Waals surface area contributed by atoms with Crippen LogP contribution >= 0.6 is 0 Å². The molecule has 0 radical (unpaired) electrons. The molecule has 0 spiro atoms. The fraction of sp³-hybridized carbons (Fsp3) is 0.100. The molecule has 0 N–H and O–H groups in total. The molecule has 0 aromatic heterocycles. The SMILES string of the molecule is Bc1cccc(OC(=O)C=C)c1C. The second-order valence-electron chi connectivity index (χ2n) is 2.82. The second-order valence-corrected chi connectivity index (χ2v) is 2.82. The first-order chi connectivity index (χ1) is 6.15. The van der Waals surface area contributed by atoms with Gasteiger partial charge in [0.2, 0.25) is 0 Å². The van der Waals surface area contributed by atoms with Crippen molar-refractivity contribution in [1.29, 1.82) is 0 Å². The summed E-state index contributed by atoms with van der Waals surface area (Å²) >= 11 is 0. The van der Waals surface area contributed by atoms with Crippen molar-refractivity contribution in [2.75, 3.05) is 0 Å². The van der Waals surface area contributed by atoms with Crippen LogP contribution in [0.4, 0.5) is 0 Å². The minimum atomic E-state index is -0.422. The van der Waals surface area contributed by atoms with E-state index in [0.717, 1.165) is 17.1 Å². The average Bonchev–Trinajstić information content (AvgIpc) is 2.13. The maximum atomic E-state index is 10.9. The van der Waals surface area contributed by atoms with E-state index in [4.69, 9.17) is 4.74 Å². The highest BCUT2D eigenvalue weighted by molar-refractivity contribution is 6.33. The van der Waals surface area contributed by atoms with Crippen molar-refractivity contribution in [1.82, 2.24) is 0 Å². The predicted octanol–water partition coefficient (Wildman–Crippen LogP) is 0.345. The van der Waals surface area contributed by atoms with Gasteiger partial charge in [-0.1, -0.05) is 24.2 Å². The summed E-state index contributed by atoms with van der Waals surface area (Å²) in [7, 11) is 1.97. The third-order valence-electron chi connectivity index (χ3n) is 1.93. The van der Waals surface area contributed by atoms with Gasteiger partial charge in [-0.25, -0.2) is 4.79 Å². The van der Waals surface area contributed by atoms with E-state index in [1.807, 2.05) is 26.9 Å². The average molecular weight is 174 g/mol. The van der Waals surface area contributed by atoms with Crippen molar-refractivity contribution in [3.8, 4) is 5.75 Å². The molecule has 1 aromatic rings. The highest BCUT2D eigenvalue weighted by Gasteiger charge is 2.04. The minimum absolute atomic E-state index is 0.422. The number of benzene rings is 1. The number of rotatable bonds is 2. The van der Waals surface area contributed by atoms with Crippen molar-refractivity contribution < 1.29 is 9.53 Å². The molecule has 1 aromatic carbocycles. The Labute approximate surface area is 78.6 Å². The molecule has 1 rings (SSSR count). The highest BCUT2D eigenvalue weighted by atomic mass is 16.5. The van der Waals surface area contributed by atoms with Crippen LogP contribution in [0.1, 0.15) is 5.56 Å². The summed E-state index contributed by atoms with van der Waals surface area (Å²) in [5, 5.41) is 0. The van der Waals surface area contributed by atoms with E-state index in [-0.39, 0.29) is 0 Å². The Morgan fingerprint density at radius 2 is 2.31 bits per heavy atom. The zero-order chi connectivity index (χ0) is 9.84. The Kier molecular flexibility index (Phi) is 2.90. The van der Waals surface area contributed by atoms with Gasteiger partial charge in [0.15, 0.2) is 0 Å². The standard InChI is InChI=1S/C10H11BO2/c1-3-10(12)13-9-6-4-5-8(11)7(9)2/h3-6H,1,11H2,2H3. The number of ether oxygens (including phenoxy) is 1. The van der Waals surface area contributed by atoms with E-state index in [1.54, 1.807) is 6.07 Å². The van der Waals surface area contributed by atoms with E-state index in [2.05, 4.69) is 6.58 Å². The maximum Gasteiger partial charge on any atom is 0.335 e. The Bertz CT molecular complexity index is 345. The lowest BCUT2D eigenvalue weighted by molar-refractivity contribution is -0.129. The largest absolute Gasteiger partial charge is 0.423 e. The molecule has 0 fully saturated rings. The van der Waals surface area contributed by atoms with Crippen LogP contribution in [0.5, 0.6) is 5.75 Å². The molecule has 13 heavy (non-hydrogen) atoms. The molecule has 66 valence electrons. The van der Waals surface area contributed by atoms with Gasteiger partial charge >= 0.3 is 5.97 Å². The number of carbonyl (C=O) groups is 1. The van der Waals surface area contributed by atoms with Crippen LogP contribution in [0.15, 0.2) is 30.9 Å².